The van der Waals surface area contributed by atoms with E-state index in [1.54, 1.807) is 25.1 Å². The fourth-order valence-corrected chi connectivity index (χ4v) is 1.47. The Bertz CT molecular complexity index is 561. The van der Waals surface area contributed by atoms with Crippen LogP contribution >= 0.6 is 0 Å². The van der Waals surface area contributed by atoms with Crippen molar-refractivity contribution < 1.29 is 4.39 Å². The second kappa shape index (κ2) is 4.32. The zero-order chi connectivity index (χ0) is 12.4. The van der Waals surface area contributed by atoms with Gasteiger partial charge in [-0.1, -0.05) is 18.2 Å². The first-order chi connectivity index (χ1) is 8.08. The lowest BCUT2D eigenvalue weighted by Gasteiger charge is -2.04. The summed E-state index contributed by atoms with van der Waals surface area (Å²) in [4.78, 5) is 4.02. The van der Waals surface area contributed by atoms with Gasteiger partial charge in [-0.15, -0.1) is 5.10 Å². The summed E-state index contributed by atoms with van der Waals surface area (Å²) in [5.74, 6) is 0.282. The summed E-state index contributed by atoms with van der Waals surface area (Å²) in [5.41, 5.74) is 5.81. The molecule has 0 fully saturated rings. The number of hydrogen-bond donors (Lipinski definition) is 2. The normalized spacial score (nSPS) is 10.5. The highest BCUT2D eigenvalue weighted by Crippen LogP contribution is 2.09. The molecule has 0 aliphatic heterocycles. The molecule has 0 unspecified atom stereocenters. The van der Waals surface area contributed by atoms with Crippen LogP contribution in [0.4, 0.5) is 4.39 Å². The topological polar surface area (TPSA) is 80.6 Å². The van der Waals surface area contributed by atoms with E-state index in [9.17, 15) is 4.39 Å². The van der Waals surface area contributed by atoms with Gasteiger partial charge in [-0.3, -0.25) is 5.41 Å². The van der Waals surface area contributed by atoms with Crippen molar-refractivity contribution in [2.75, 3.05) is 0 Å². The molecule has 1 aromatic carbocycles. The zero-order valence-electron chi connectivity index (χ0n) is 9.31. The molecule has 0 aliphatic carbocycles. The fourth-order valence-electron chi connectivity index (χ4n) is 1.47. The largest absolute Gasteiger partial charge is 0.381 e. The summed E-state index contributed by atoms with van der Waals surface area (Å²) < 4.78 is 15.0. The minimum Gasteiger partial charge on any atom is -0.381 e. The quantitative estimate of drug-likeness (QED) is 0.614. The predicted octanol–water partition coefficient (Wildman–Crippen LogP) is 1.06. The summed E-state index contributed by atoms with van der Waals surface area (Å²) >= 11 is 0. The zero-order valence-corrected chi connectivity index (χ0v) is 9.31. The highest BCUT2D eigenvalue weighted by atomic mass is 19.1. The number of nitrogens with two attached hydrogens (primary N) is 1. The molecule has 0 saturated carbocycles. The Morgan fingerprint density at radius 3 is 2.76 bits per heavy atom. The summed E-state index contributed by atoms with van der Waals surface area (Å²) in [6, 6.07) is 6.47. The third-order valence-corrected chi connectivity index (χ3v) is 2.38. The maximum absolute atomic E-state index is 13.4. The molecule has 0 saturated heterocycles. The molecule has 0 spiro atoms. The summed E-state index contributed by atoms with van der Waals surface area (Å²) in [6.07, 6.45) is 0. The summed E-state index contributed by atoms with van der Waals surface area (Å²) in [7, 11) is 0. The van der Waals surface area contributed by atoms with Crippen molar-refractivity contribution in [1.82, 2.24) is 14.8 Å². The second-order valence-corrected chi connectivity index (χ2v) is 3.65. The number of nitrogen functional groups attached to an aromatic ring is 1. The number of aromatic nitrogens is 3. The van der Waals surface area contributed by atoms with Crippen molar-refractivity contribution >= 4 is 5.84 Å². The Hall–Kier alpha value is -2.24. The molecular weight excluding hydrogens is 221 g/mol. The Morgan fingerprint density at radius 1 is 1.47 bits per heavy atom. The van der Waals surface area contributed by atoms with Crippen LogP contribution in [0.3, 0.4) is 0 Å². The van der Waals surface area contributed by atoms with E-state index < -0.39 is 0 Å². The van der Waals surface area contributed by atoms with E-state index in [-0.39, 0.29) is 24.0 Å². The van der Waals surface area contributed by atoms with Gasteiger partial charge in [0.05, 0.1) is 6.54 Å². The SMILES string of the molecule is Cc1nc(C(=N)N)nn1Cc1ccccc1F. The maximum atomic E-state index is 13.4. The average Bonchev–Trinajstić information content (AvgIpc) is 2.64. The van der Waals surface area contributed by atoms with E-state index in [1.165, 1.54) is 10.7 Å². The van der Waals surface area contributed by atoms with E-state index in [2.05, 4.69) is 10.1 Å². The minimum atomic E-state index is -0.285. The van der Waals surface area contributed by atoms with Crippen molar-refractivity contribution in [1.29, 1.82) is 5.41 Å². The van der Waals surface area contributed by atoms with Crippen LogP contribution in [0, 0.1) is 18.2 Å². The van der Waals surface area contributed by atoms with E-state index in [0.717, 1.165) is 0 Å². The molecule has 17 heavy (non-hydrogen) atoms. The van der Waals surface area contributed by atoms with Crippen molar-refractivity contribution in [2.45, 2.75) is 13.5 Å². The van der Waals surface area contributed by atoms with Crippen LogP contribution in [0.15, 0.2) is 24.3 Å². The van der Waals surface area contributed by atoms with Crippen LogP contribution in [-0.2, 0) is 6.54 Å². The second-order valence-electron chi connectivity index (χ2n) is 3.65. The van der Waals surface area contributed by atoms with Crippen LogP contribution in [0.25, 0.3) is 0 Å². The van der Waals surface area contributed by atoms with Crippen LogP contribution < -0.4 is 5.73 Å². The number of amidine groups is 1. The Morgan fingerprint density at radius 2 is 2.18 bits per heavy atom. The lowest BCUT2D eigenvalue weighted by atomic mass is 10.2. The van der Waals surface area contributed by atoms with Gasteiger partial charge >= 0.3 is 0 Å². The molecule has 1 aromatic heterocycles. The molecule has 5 nitrogen and oxygen atoms in total. The van der Waals surface area contributed by atoms with Gasteiger partial charge in [0.15, 0.2) is 5.84 Å². The van der Waals surface area contributed by atoms with Crippen LogP contribution in [0.5, 0.6) is 0 Å². The molecule has 1 heterocycles. The first-order valence-corrected chi connectivity index (χ1v) is 5.07. The number of hydrogen-bond acceptors (Lipinski definition) is 3. The molecule has 88 valence electrons. The Labute approximate surface area is 97.6 Å². The molecule has 2 rings (SSSR count). The minimum absolute atomic E-state index is 0.166. The van der Waals surface area contributed by atoms with Gasteiger partial charge in [-0.05, 0) is 13.0 Å². The van der Waals surface area contributed by atoms with Crippen molar-refractivity contribution in [3.05, 3.63) is 47.3 Å². The van der Waals surface area contributed by atoms with Gasteiger partial charge in [-0.2, -0.15) is 0 Å². The first-order valence-electron chi connectivity index (χ1n) is 5.07. The van der Waals surface area contributed by atoms with Gasteiger partial charge in [-0.25, -0.2) is 14.1 Å². The van der Waals surface area contributed by atoms with Crippen LogP contribution in [-0.4, -0.2) is 20.6 Å². The number of benzene rings is 1. The maximum Gasteiger partial charge on any atom is 0.216 e. The van der Waals surface area contributed by atoms with Gasteiger partial charge in [0.25, 0.3) is 0 Å². The molecule has 0 atom stereocenters. The van der Waals surface area contributed by atoms with E-state index in [1.807, 2.05) is 0 Å². The van der Waals surface area contributed by atoms with Gasteiger partial charge in [0.1, 0.15) is 11.6 Å². The standard InChI is InChI=1S/C11H12FN5/c1-7-15-11(10(13)14)16-17(7)6-8-4-2-3-5-9(8)12/h2-5H,6H2,1H3,(H3,13,14). The average molecular weight is 233 g/mol. The molecular formula is C11H12FN5. The highest BCUT2D eigenvalue weighted by molar-refractivity contribution is 5.91. The summed E-state index contributed by atoms with van der Waals surface area (Å²) in [6.45, 7) is 2.01. The lowest BCUT2D eigenvalue weighted by molar-refractivity contribution is 0.578. The van der Waals surface area contributed by atoms with Crippen molar-refractivity contribution in [2.24, 2.45) is 5.73 Å². The van der Waals surface area contributed by atoms with E-state index in [0.29, 0.717) is 11.4 Å². The molecule has 3 N–H and O–H groups in total. The molecule has 6 heteroatoms. The monoisotopic (exact) mass is 233 g/mol. The van der Waals surface area contributed by atoms with Crippen molar-refractivity contribution in [3.8, 4) is 0 Å². The fraction of sp³-hybridized carbons (Fsp3) is 0.182. The molecule has 0 aliphatic rings. The van der Waals surface area contributed by atoms with E-state index >= 15 is 0 Å². The first kappa shape index (κ1) is 11.3. The molecule has 0 bridgehead atoms. The molecule has 0 radical (unpaired) electrons. The number of nitrogens with zero attached hydrogens (tertiary/aromatic N) is 3. The van der Waals surface area contributed by atoms with Gasteiger partial charge < -0.3 is 5.73 Å². The summed E-state index contributed by atoms with van der Waals surface area (Å²) in [5, 5.41) is 11.3. The van der Waals surface area contributed by atoms with Gasteiger partial charge in [0, 0.05) is 5.56 Å². The smallest absolute Gasteiger partial charge is 0.216 e. The number of nitrogens with one attached hydrogen (secondary N) is 1. The number of aryl methyl sites for hydroxylation is 1. The van der Waals surface area contributed by atoms with Crippen LogP contribution in [0.1, 0.15) is 17.2 Å². The predicted molar refractivity (Wildman–Crippen MR) is 61.3 cm³/mol. The lowest BCUT2D eigenvalue weighted by Crippen LogP contribution is -2.14. The molecule has 0 amide bonds. The number of halogens is 1. The van der Waals surface area contributed by atoms with E-state index in [4.69, 9.17) is 11.1 Å². The third kappa shape index (κ3) is 2.30. The highest BCUT2D eigenvalue weighted by Gasteiger charge is 2.10. The van der Waals surface area contributed by atoms with Crippen LogP contribution in [0.2, 0.25) is 0 Å². The van der Waals surface area contributed by atoms with Crippen molar-refractivity contribution in [3.63, 3.8) is 0 Å². The molecule has 2 aromatic rings. The Kier molecular flexibility index (Phi) is 2.86. The Balaban J connectivity index is 2.30. The number of rotatable bonds is 3. The third-order valence-electron chi connectivity index (χ3n) is 2.38. The van der Waals surface area contributed by atoms with Gasteiger partial charge in [0.2, 0.25) is 5.82 Å².